The SMILES string of the molecule is CN(CC(=O)O)C(=N)N.NCCc1c[nH]c2cc(O)ccc12.O=S(=O)(O)O. The number of hydrogen-bond donors (Lipinski definition) is 8. The highest BCUT2D eigenvalue weighted by Crippen LogP contribution is 2.22. The van der Waals surface area contributed by atoms with Gasteiger partial charge in [-0.1, -0.05) is 0 Å². The van der Waals surface area contributed by atoms with Crippen LogP contribution in [0.1, 0.15) is 5.56 Å². The van der Waals surface area contributed by atoms with Gasteiger partial charge in [0.15, 0.2) is 5.96 Å². The Morgan fingerprint density at radius 2 is 1.89 bits per heavy atom. The van der Waals surface area contributed by atoms with Crippen molar-refractivity contribution in [1.29, 1.82) is 5.41 Å². The number of likely N-dealkylation sites (N-methyl/N-ethyl adjacent to an activating group) is 1. The summed E-state index contributed by atoms with van der Waals surface area (Å²) >= 11 is 0. The summed E-state index contributed by atoms with van der Waals surface area (Å²) in [4.78, 5) is 14.1. The van der Waals surface area contributed by atoms with Gasteiger partial charge in [0.2, 0.25) is 0 Å². The first-order valence-electron chi connectivity index (χ1n) is 7.31. The number of aromatic hydroxyl groups is 1. The zero-order valence-electron chi connectivity index (χ0n) is 14.5. The van der Waals surface area contributed by atoms with E-state index in [4.69, 9.17) is 39.5 Å². The molecule has 0 atom stereocenters. The second kappa shape index (κ2) is 11.0. The maximum absolute atomic E-state index is 9.92. The number of phenols is 1. The van der Waals surface area contributed by atoms with Gasteiger partial charge in [-0.3, -0.25) is 19.3 Å². The molecule has 0 saturated carbocycles. The van der Waals surface area contributed by atoms with Crippen molar-refractivity contribution in [3.8, 4) is 5.75 Å². The first-order valence-corrected chi connectivity index (χ1v) is 8.70. The van der Waals surface area contributed by atoms with E-state index in [0.717, 1.165) is 22.2 Å². The number of hydrogen-bond acceptors (Lipinski definition) is 6. The lowest BCUT2D eigenvalue weighted by Crippen LogP contribution is -2.36. The van der Waals surface area contributed by atoms with Crippen molar-refractivity contribution in [3.63, 3.8) is 0 Å². The number of carbonyl (C=O) groups is 1. The lowest BCUT2D eigenvalue weighted by Gasteiger charge is -2.12. The molecule has 13 heteroatoms. The molecule has 0 fully saturated rings. The largest absolute Gasteiger partial charge is 0.508 e. The van der Waals surface area contributed by atoms with Crippen molar-refractivity contribution < 1.29 is 32.5 Å². The van der Waals surface area contributed by atoms with Crippen LogP contribution in [0.15, 0.2) is 24.4 Å². The standard InChI is InChI=1S/C10H12N2O.C4H9N3O2.H2O4S/c11-4-3-7-6-12-10-5-8(13)1-2-9(7)10;1-7(4(5)6)2-3(8)9;1-5(2,3)4/h1-2,5-6,12-13H,3-4,11H2;2H2,1H3,(H3,5,6)(H,8,9);(H2,1,2,3,4). The molecule has 0 saturated heterocycles. The molecule has 2 aromatic rings. The number of rotatable bonds is 4. The number of phenolic OH excluding ortho intramolecular Hbond substituents is 1. The summed E-state index contributed by atoms with van der Waals surface area (Å²) in [7, 11) is -3.23. The van der Waals surface area contributed by atoms with E-state index in [2.05, 4.69) is 4.98 Å². The number of nitrogens with two attached hydrogens (primary N) is 2. The molecule has 2 rings (SSSR count). The Hall–Kier alpha value is -2.87. The number of guanidine groups is 1. The number of aliphatic carboxylic acids is 1. The third-order valence-electron chi connectivity index (χ3n) is 2.95. The van der Waals surface area contributed by atoms with Gasteiger partial charge in [-0.05, 0) is 30.7 Å². The summed E-state index contributed by atoms with van der Waals surface area (Å²) in [6, 6.07) is 5.32. The minimum atomic E-state index is -4.67. The van der Waals surface area contributed by atoms with Crippen molar-refractivity contribution in [3.05, 3.63) is 30.0 Å². The number of benzene rings is 1. The van der Waals surface area contributed by atoms with Crippen molar-refractivity contribution in [2.24, 2.45) is 11.5 Å². The zero-order valence-corrected chi connectivity index (χ0v) is 15.3. The Balaban J connectivity index is 0.000000423. The molecule has 0 aliphatic carbocycles. The van der Waals surface area contributed by atoms with E-state index < -0.39 is 16.4 Å². The lowest BCUT2D eigenvalue weighted by molar-refractivity contribution is -0.137. The molecule has 1 heterocycles. The minimum Gasteiger partial charge on any atom is -0.508 e. The second-order valence-corrected chi connectivity index (χ2v) is 6.06. The van der Waals surface area contributed by atoms with Crippen LogP contribution in [-0.4, -0.2) is 69.7 Å². The number of nitrogens with zero attached hydrogens (tertiary/aromatic N) is 1. The molecule has 0 aliphatic rings. The van der Waals surface area contributed by atoms with E-state index in [9.17, 15) is 9.90 Å². The molecule has 27 heavy (non-hydrogen) atoms. The van der Waals surface area contributed by atoms with Crippen LogP contribution in [0.2, 0.25) is 0 Å². The number of aromatic nitrogens is 1. The molecular weight excluding hydrogens is 382 g/mol. The molecule has 0 aliphatic heterocycles. The molecule has 1 aromatic heterocycles. The smallest absolute Gasteiger partial charge is 0.394 e. The van der Waals surface area contributed by atoms with Crippen molar-refractivity contribution >= 4 is 33.2 Å². The molecule has 12 nitrogen and oxygen atoms in total. The van der Waals surface area contributed by atoms with E-state index in [1.807, 2.05) is 12.3 Å². The summed E-state index contributed by atoms with van der Waals surface area (Å²) in [6.07, 6.45) is 2.81. The fourth-order valence-electron chi connectivity index (χ4n) is 1.82. The van der Waals surface area contributed by atoms with Crippen LogP contribution in [0, 0.1) is 5.41 Å². The fourth-order valence-corrected chi connectivity index (χ4v) is 1.82. The summed E-state index contributed by atoms with van der Waals surface area (Å²) < 4.78 is 31.6. The molecule has 0 bridgehead atoms. The Kier molecular flexibility index (Phi) is 9.81. The molecule has 1 aromatic carbocycles. The van der Waals surface area contributed by atoms with E-state index in [-0.39, 0.29) is 18.3 Å². The van der Waals surface area contributed by atoms with E-state index in [1.165, 1.54) is 12.6 Å². The minimum absolute atomic E-state index is 0.227. The first-order chi connectivity index (χ1) is 12.3. The molecule has 152 valence electrons. The average molecular weight is 405 g/mol. The van der Waals surface area contributed by atoms with Crippen LogP contribution in [0.5, 0.6) is 5.75 Å². The Bertz CT molecular complexity index is 858. The van der Waals surface area contributed by atoms with Gasteiger partial charge in [0.1, 0.15) is 12.3 Å². The quantitative estimate of drug-likeness (QED) is 0.187. The van der Waals surface area contributed by atoms with Crippen molar-refractivity contribution in [1.82, 2.24) is 9.88 Å². The van der Waals surface area contributed by atoms with Crippen LogP contribution in [0.4, 0.5) is 0 Å². The van der Waals surface area contributed by atoms with Gasteiger partial charge in [-0.15, -0.1) is 0 Å². The number of H-pyrrole nitrogens is 1. The predicted molar refractivity (Wildman–Crippen MR) is 99.1 cm³/mol. The van der Waals surface area contributed by atoms with E-state index in [1.54, 1.807) is 12.1 Å². The maximum Gasteiger partial charge on any atom is 0.394 e. The van der Waals surface area contributed by atoms with Gasteiger partial charge < -0.3 is 31.6 Å². The van der Waals surface area contributed by atoms with Crippen LogP contribution in [0.3, 0.4) is 0 Å². The molecule has 0 radical (unpaired) electrons. The Labute approximate surface area is 155 Å². The molecule has 0 unspecified atom stereocenters. The van der Waals surface area contributed by atoms with Crippen LogP contribution in [0.25, 0.3) is 10.9 Å². The van der Waals surface area contributed by atoms with Gasteiger partial charge in [0.05, 0.1) is 0 Å². The highest BCUT2D eigenvalue weighted by Gasteiger charge is 2.03. The van der Waals surface area contributed by atoms with Crippen LogP contribution >= 0.6 is 0 Å². The normalized spacial score (nSPS) is 10.2. The van der Waals surface area contributed by atoms with Crippen molar-refractivity contribution in [2.45, 2.75) is 6.42 Å². The highest BCUT2D eigenvalue weighted by atomic mass is 32.3. The number of nitrogens with one attached hydrogen (secondary N) is 2. The molecule has 10 N–H and O–H groups in total. The first kappa shape index (κ1) is 24.1. The number of carboxylic acids is 1. The topological polar surface area (TPSA) is 227 Å². The monoisotopic (exact) mass is 405 g/mol. The number of carboxylic acid groups (broad SMARTS) is 1. The highest BCUT2D eigenvalue weighted by molar-refractivity contribution is 7.79. The van der Waals surface area contributed by atoms with E-state index >= 15 is 0 Å². The molecular formula is C14H23N5O7S. The summed E-state index contributed by atoms with van der Waals surface area (Å²) in [6.45, 7) is 0.420. The van der Waals surface area contributed by atoms with E-state index in [0.29, 0.717) is 6.54 Å². The van der Waals surface area contributed by atoms with Crippen LogP contribution in [-0.2, 0) is 21.6 Å². The summed E-state index contributed by atoms with van der Waals surface area (Å²) in [5.74, 6) is -0.946. The zero-order chi connectivity index (χ0) is 21.2. The van der Waals surface area contributed by atoms with Gasteiger partial charge >= 0.3 is 16.4 Å². The summed E-state index contributed by atoms with van der Waals surface area (Å²) in [5, 5.41) is 25.2. The molecule has 0 amide bonds. The Morgan fingerprint density at radius 3 is 2.30 bits per heavy atom. The van der Waals surface area contributed by atoms with Gasteiger partial charge in [-0.25, -0.2) is 0 Å². The third kappa shape index (κ3) is 11.4. The molecule has 0 spiro atoms. The average Bonchev–Trinajstić information content (AvgIpc) is 2.88. The number of aromatic amines is 1. The Morgan fingerprint density at radius 1 is 1.33 bits per heavy atom. The van der Waals surface area contributed by atoms with Crippen LogP contribution < -0.4 is 11.5 Å². The van der Waals surface area contributed by atoms with Gasteiger partial charge in [0.25, 0.3) is 0 Å². The second-order valence-electron chi connectivity index (χ2n) is 5.17. The van der Waals surface area contributed by atoms with Gasteiger partial charge in [-0.2, -0.15) is 8.42 Å². The fraction of sp³-hybridized carbons (Fsp3) is 0.286. The predicted octanol–water partition coefficient (Wildman–Crippen LogP) is -0.382. The number of fused-ring (bicyclic) bond motifs is 1. The summed E-state index contributed by atoms with van der Waals surface area (Å²) in [5.41, 5.74) is 12.6. The van der Waals surface area contributed by atoms with Crippen molar-refractivity contribution in [2.75, 3.05) is 20.1 Å². The maximum atomic E-state index is 9.92. The third-order valence-corrected chi connectivity index (χ3v) is 2.95. The lowest BCUT2D eigenvalue weighted by atomic mass is 10.1. The van der Waals surface area contributed by atoms with Gasteiger partial charge in [0, 0.05) is 30.2 Å².